The van der Waals surface area contributed by atoms with Gasteiger partial charge in [0.05, 0.1) is 13.0 Å². The molecule has 0 amide bonds. The highest BCUT2D eigenvalue weighted by Gasteiger charge is 2.00. The number of rotatable bonds is 4. The van der Waals surface area contributed by atoms with Crippen molar-refractivity contribution in [1.82, 2.24) is 10.2 Å². The number of nitrogens with zero attached hydrogens (tertiary/aromatic N) is 1. The molecule has 0 radical (unpaired) electrons. The molecule has 15 heavy (non-hydrogen) atoms. The van der Waals surface area contributed by atoms with Crippen LogP contribution in [0.25, 0.3) is 0 Å². The highest BCUT2D eigenvalue weighted by atomic mass is 16.5. The largest absolute Gasteiger partial charge is 0.493 e. The van der Waals surface area contributed by atoms with Gasteiger partial charge in [-0.2, -0.15) is 0 Å². The molecule has 0 aliphatic heterocycles. The van der Waals surface area contributed by atoms with E-state index in [4.69, 9.17) is 9.15 Å². The molecule has 0 saturated heterocycles. The lowest BCUT2D eigenvalue weighted by Gasteiger charge is -2.02. The molecule has 0 bridgehead atoms. The van der Waals surface area contributed by atoms with Crippen LogP contribution in [0.2, 0.25) is 0 Å². The Bertz CT molecular complexity index is 461. The summed E-state index contributed by atoms with van der Waals surface area (Å²) >= 11 is 0. The molecule has 1 N–H and O–H groups in total. The van der Waals surface area contributed by atoms with Crippen LogP contribution < -0.4 is 10.5 Å². The second-order valence-corrected chi connectivity index (χ2v) is 2.92. The zero-order chi connectivity index (χ0) is 10.5. The minimum absolute atomic E-state index is 0.357. The molecule has 1 heterocycles. The summed E-state index contributed by atoms with van der Waals surface area (Å²) in [7, 11) is 0. The topological polar surface area (TPSA) is 68.1 Å². The van der Waals surface area contributed by atoms with Gasteiger partial charge in [0, 0.05) is 0 Å². The molecule has 0 atom stereocenters. The van der Waals surface area contributed by atoms with Gasteiger partial charge in [0.15, 0.2) is 0 Å². The highest BCUT2D eigenvalue weighted by molar-refractivity contribution is 5.20. The van der Waals surface area contributed by atoms with E-state index in [1.165, 1.54) is 0 Å². The molecule has 2 aromatic rings. The average Bonchev–Trinajstić information content (AvgIpc) is 2.66. The standard InChI is InChI=1S/C10H10N2O3/c13-10-12-11-9(15-10)6-7-14-8-4-2-1-3-5-8/h1-5H,6-7H2,(H,12,13). The van der Waals surface area contributed by atoms with Gasteiger partial charge in [0.25, 0.3) is 0 Å². The van der Waals surface area contributed by atoms with Gasteiger partial charge in [-0.1, -0.05) is 18.2 Å². The maximum absolute atomic E-state index is 10.6. The fraction of sp³-hybridized carbons (Fsp3) is 0.200. The predicted molar refractivity (Wildman–Crippen MR) is 52.8 cm³/mol. The molecule has 5 heteroatoms. The molecule has 0 saturated carbocycles. The van der Waals surface area contributed by atoms with Crippen molar-refractivity contribution in [2.75, 3.05) is 6.61 Å². The summed E-state index contributed by atoms with van der Waals surface area (Å²) in [6.45, 7) is 0.428. The second-order valence-electron chi connectivity index (χ2n) is 2.92. The van der Waals surface area contributed by atoms with Crippen molar-refractivity contribution in [3.8, 4) is 5.75 Å². The van der Waals surface area contributed by atoms with Gasteiger partial charge in [-0.05, 0) is 12.1 Å². The lowest BCUT2D eigenvalue weighted by Crippen LogP contribution is -2.01. The van der Waals surface area contributed by atoms with Crippen molar-refractivity contribution < 1.29 is 9.15 Å². The molecule has 0 aliphatic carbocycles. The Morgan fingerprint density at radius 3 is 2.80 bits per heavy atom. The molecule has 0 aliphatic rings. The van der Waals surface area contributed by atoms with Crippen molar-refractivity contribution in [2.45, 2.75) is 6.42 Å². The van der Waals surface area contributed by atoms with Crippen LogP contribution in [-0.2, 0) is 6.42 Å². The zero-order valence-electron chi connectivity index (χ0n) is 7.97. The Balaban J connectivity index is 1.83. The molecule has 0 unspecified atom stereocenters. The van der Waals surface area contributed by atoms with Gasteiger partial charge in [-0.25, -0.2) is 9.89 Å². The molecule has 0 spiro atoms. The highest BCUT2D eigenvalue weighted by Crippen LogP contribution is 2.08. The molecule has 0 fully saturated rings. The fourth-order valence-corrected chi connectivity index (χ4v) is 1.14. The number of nitrogens with one attached hydrogen (secondary N) is 1. The van der Waals surface area contributed by atoms with E-state index < -0.39 is 5.76 Å². The van der Waals surface area contributed by atoms with Crippen LogP contribution >= 0.6 is 0 Å². The van der Waals surface area contributed by atoms with Crippen LogP contribution in [0.4, 0.5) is 0 Å². The quantitative estimate of drug-likeness (QED) is 0.809. The Kier molecular flexibility index (Phi) is 2.82. The maximum atomic E-state index is 10.6. The Hall–Kier alpha value is -2.04. The first-order valence-electron chi connectivity index (χ1n) is 4.57. The van der Waals surface area contributed by atoms with E-state index in [2.05, 4.69) is 10.2 Å². The summed E-state index contributed by atoms with van der Waals surface area (Å²) in [6.07, 6.45) is 0.466. The molecular weight excluding hydrogens is 196 g/mol. The number of hydrogen-bond acceptors (Lipinski definition) is 4. The summed E-state index contributed by atoms with van der Waals surface area (Å²) < 4.78 is 10.1. The first-order valence-corrected chi connectivity index (χ1v) is 4.57. The minimum Gasteiger partial charge on any atom is -0.493 e. The third-order valence-electron chi connectivity index (χ3n) is 1.81. The molecule has 1 aromatic carbocycles. The lowest BCUT2D eigenvalue weighted by molar-refractivity contribution is 0.304. The summed E-state index contributed by atoms with van der Waals surface area (Å²) in [4.78, 5) is 10.6. The first-order chi connectivity index (χ1) is 7.34. The summed E-state index contributed by atoms with van der Waals surface area (Å²) in [5, 5.41) is 5.85. The van der Waals surface area contributed by atoms with E-state index in [1.54, 1.807) is 0 Å². The number of H-pyrrole nitrogens is 1. The third kappa shape index (κ3) is 2.70. The average molecular weight is 206 g/mol. The number of benzene rings is 1. The van der Waals surface area contributed by atoms with Crippen LogP contribution in [0, 0.1) is 0 Å². The molecule has 5 nitrogen and oxygen atoms in total. The van der Waals surface area contributed by atoms with Crippen LogP contribution in [-0.4, -0.2) is 16.8 Å². The van der Waals surface area contributed by atoms with Crippen molar-refractivity contribution in [2.24, 2.45) is 0 Å². The number of para-hydroxylation sites is 1. The number of aromatic nitrogens is 2. The smallest absolute Gasteiger partial charge is 0.434 e. The van der Waals surface area contributed by atoms with E-state index in [0.29, 0.717) is 18.9 Å². The number of aromatic amines is 1. The monoisotopic (exact) mass is 206 g/mol. The second kappa shape index (κ2) is 4.45. The first kappa shape index (κ1) is 9.51. The van der Waals surface area contributed by atoms with Crippen LogP contribution in [0.5, 0.6) is 5.75 Å². The summed E-state index contributed by atoms with van der Waals surface area (Å²) in [6, 6.07) is 9.43. The van der Waals surface area contributed by atoms with E-state index in [-0.39, 0.29) is 0 Å². The van der Waals surface area contributed by atoms with E-state index >= 15 is 0 Å². The van der Waals surface area contributed by atoms with Gasteiger partial charge in [0.2, 0.25) is 5.89 Å². The van der Waals surface area contributed by atoms with E-state index in [1.807, 2.05) is 30.3 Å². The maximum Gasteiger partial charge on any atom is 0.434 e. The van der Waals surface area contributed by atoms with Crippen LogP contribution in [0.3, 0.4) is 0 Å². The molecule has 1 aromatic heterocycles. The summed E-state index contributed by atoms with van der Waals surface area (Å²) in [5.41, 5.74) is 0. The van der Waals surface area contributed by atoms with Crippen molar-refractivity contribution in [1.29, 1.82) is 0 Å². The van der Waals surface area contributed by atoms with Crippen molar-refractivity contribution in [3.63, 3.8) is 0 Å². The normalized spacial score (nSPS) is 10.1. The van der Waals surface area contributed by atoms with E-state index in [9.17, 15) is 4.79 Å². The Morgan fingerprint density at radius 1 is 1.33 bits per heavy atom. The van der Waals surface area contributed by atoms with Gasteiger partial charge >= 0.3 is 5.76 Å². The SMILES string of the molecule is O=c1[nH]nc(CCOc2ccccc2)o1. The Labute approximate surface area is 85.7 Å². The summed E-state index contributed by atoms with van der Waals surface area (Å²) in [5.74, 6) is 0.607. The lowest BCUT2D eigenvalue weighted by atomic mass is 10.3. The van der Waals surface area contributed by atoms with Gasteiger partial charge in [-0.15, -0.1) is 5.10 Å². The van der Waals surface area contributed by atoms with Crippen molar-refractivity contribution in [3.05, 3.63) is 46.8 Å². The number of hydrogen-bond donors (Lipinski definition) is 1. The molecule has 2 rings (SSSR count). The fourth-order valence-electron chi connectivity index (χ4n) is 1.14. The number of ether oxygens (including phenoxy) is 1. The van der Waals surface area contributed by atoms with E-state index in [0.717, 1.165) is 5.75 Å². The van der Waals surface area contributed by atoms with Gasteiger partial charge in [0.1, 0.15) is 5.75 Å². The third-order valence-corrected chi connectivity index (χ3v) is 1.81. The molecular formula is C10H10N2O3. The van der Waals surface area contributed by atoms with Crippen LogP contribution in [0.1, 0.15) is 5.89 Å². The zero-order valence-corrected chi connectivity index (χ0v) is 7.97. The van der Waals surface area contributed by atoms with Crippen LogP contribution in [0.15, 0.2) is 39.5 Å². The molecule has 78 valence electrons. The van der Waals surface area contributed by atoms with Gasteiger partial charge in [-0.3, -0.25) is 0 Å². The van der Waals surface area contributed by atoms with Gasteiger partial charge < -0.3 is 9.15 Å². The minimum atomic E-state index is -0.537. The predicted octanol–water partition coefficient (Wildman–Crippen LogP) is 0.984. The Morgan fingerprint density at radius 2 is 2.13 bits per heavy atom. The van der Waals surface area contributed by atoms with Crippen molar-refractivity contribution >= 4 is 0 Å².